The molecule has 0 aliphatic heterocycles. The molecule has 6 nitrogen and oxygen atoms in total. The van der Waals surface area contributed by atoms with Crippen LogP contribution in [0.5, 0.6) is 0 Å². The smallest absolute Gasteiger partial charge is 0.269 e. The molecule has 1 heterocycles. The van der Waals surface area contributed by atoms with Crippen LogP contribution in [0.25, 0.3) is 0 Å². The Bertz CT molecular complexity index is 550. The van der Waals surface area contributed by atoms with E-state index >= 15 is 0 Å². The summed E-state index contributed by atoms with van der Waals surface area (Å²) in [6, 6.07) is 10.9. The van der Waals surface area contributed by atoms with Crippen LogP contribution < -0.4 is 16.8 Å². The Morgan fingerprint density at radius 1 is 1.11 bits per heavy atom. The van der Waals surface area contributed by atoms with Gasteiger partial charge in [-0.25, -0.2) is 0 Å². The summed E-state index contributed by atoms with van der Waals surface area (Å²) in [5.41, 5.74) is 12.8. The number of carbonyl (C=O) groups excluding carboxylic acids is 1. The second kappa shape index (κ2) is 5.81. The number of carbonyl (C=O) groups is 1. The molecule has 5 N–H and O–H groups in total. The van der Waals surface area contributed by atoms with Gasteiger partial charge in [0.2, 0.25) is 0 Å². The van der Waals surface area contributed by atoms with E-state index in [0.717, 1.165) is 12.1 Å². The number of nitrogens with one attached hydrogen (secondary N) is 1. The normalized spacial score (nSPS) is 10.1. The molecule has 0 aliphatic carbocycles. The molecule has 0 spiro atoms. The molecular weight excluding hydrogens is 242 g/mol. The van der Waals surface area contributed by atoms with Gasteiger partial charge in [-0.05, 0) is 36.2 Å². The highest BCUT2D eigenvalue weighted by Crippen LogP contribution is 2.07. The molecule has 0 fully saturated rings. The van der Waals surface area contributed by atoms with E-state index in [4.69, 9.17) is 11.5 Å². The number of anilines is 2. The van der Waals surface area contributed by atoms with Crippen LogP contribution in [0, 0.1) is 0 Å². The third-order valence-corrected chi connectivity index (χ3v) is 2.62. The molecule has 1 aromatic heterocycles. The summed E-state index contributed by atoms with van der Waals surface area (Å²) in [4.78, 5) is 10.8. The minimum absolute atomic E-state index is 0.157. The molecule has 19 heavy (non-hydrogen) atoms. The van der Waals surface area contributed by atoms with E-state index in [-0.39, 0.29) is 5.69 Å². The van der Waals surface area contributed by atoms with Crippen LogP contribution in [0.3, 0.4) is 0 Å². The number of primary amides is 1. The van der Waals surface area contributed by atoms with Crippen molar-refractivity contribution in [3.8, 4) is 0 Å². The predicted octanol–water partition coefficient (Wildman–Crippen LogP) is 0.812. The van der Waals surface area contributed by atoms with Gasteiger partial charge in [0, 0.05) is 12.2 Å². The van der Waals surface area contributed by atoms with Gasteiger partial charge >= 0.3 is 0 Å². The van der Waals surface area contributed by atoms with Crippen molar-refractivity contribution in [2.75, 3.05) is 17.6 Å². The number of amides is 1. The monoisotopic (exact) mass is 257 g/mol. The van der Waals surface area contributed by atoms with Gasteiger partial charge in [0.15, 0.2) is 5.69 Å². The van der Waals surface area contributed by atoms with E-state index in [2.05, 4.69) is 15.5 Å². The minimum atomic E-state index is -0.582. The SMILES string of the molecule is NC(=O)c1ccc(NCCc2ccc(N)cc2)nn1. The molecule has 1 aromatic carbocycles. The van der Waals surface area contributed by atoms with Gasteiger partial charge in [0.25, 0.3) is 5.91 Å². The molecular formula is C13H15N5O. The van der Waals surface area contributed by atoms with Crippen LogP contribution in [0.1, 0.15) is 16.1 Å². The van der Waals surface area contributed by atoms with Crippen LogP contribution in [0.2, 0.25) is 0 Å². The Balaban J connectivity index is 1.85. The maximum Gasteiger partial charge on any atom is 0.269 e. The van der Waals surface area contributed by atoms with Crippen LogP contribution in [-0.2, 0) is 6.42 Å². The molecule has 0 saturated heterocycles. The molecule has 1 amide bonds. The summed E-state index contributed by atoms with van der Waals surface area (Å²) >= 11 is 0. The molecule has 0 radical (unpaired) electrons. The van der Waals surface area contributed by atoms with Crippen molar-refractivity contribution < 1.29 is 4.79 Å². The first-order chi connectivity index (χ1) is 9.15. The zero-order valence-corrected chi connectivity index (χ0v) is 10.3. The lowest BCUT2D eigenvalue weighted by molar-refractivity contribution is 0.0994. The van der Waals surface area contributed by atoms with Gasteiger partial charge in [-0.2, -0.15) is 0 Å². The Labute approximate surface area is 110 Å². The second-order valence-electron chi connectivity index (χ2n) is 4.09. The molecule has 2 aromatic rings. The van der Waals surface area contributed by atoms with Gasteiger partial charge in [-0.1, -0.05) is 12.1 Å². The number of benzene rings is 1. The molecule has 0 unspecified atom stereocenters. The van der Waals surface area contributed by atoms with E-state index in [9.17, 15) is 4.79 Å². The lowest BCUT2D eigenvalue weighted by atomic mass is 10.1. The Morgan fingerprint density at radius 2 is 1.84 bits per heavy atom. The number of rotatable bonds is 5. The number of aromatic nitrogens is 2. The summed E-state index contributed by atoms with van der Waals surface area (Å²) in [7, 11) is 0. The summed E-state index contributed by atoms with van der Waals surface area (Å²) in [6.45, 7) is 0.717. The zero-order valence-electron chi connectivity index (χ0n) is 10.3. The molecule has 6 heteroatoms. The van der Waals surface area contributed by atoms with Crippen molar-refractivity contribution in [1.82, 2.24) is 10.2 Å². The van der Waals surface area contributed by atoms with Gasteiger partial charge in [0.05, 0.1) is 0 Å². The van der Waals surface area contributed by atoms with Gasteiger partial charge in [0.1, 0.15) is 5.82 Å². The van der Waals surface area contributed by atoms with Crippen LogP contribution in [0.4, 0.5) is 11.5 Å². The molecule has 0 atom stereocenters. The fourth-order valence-corrected chi connectivity index (χ4v) is 1.58. The average molecular weight is 257 g/mol. The largest absolute Gasteiger partial charge is 0.399 e. The Kier molecular flexibility index (Phi) is 3.92. The van der Waals surface area contributed by atoms with Crippen LogP contribution in [-0.4, -0.2) is 22.6 Å². The number of hydrogen-bond acceptors (Lipinski definition) is 5. The standard InChI is InChI=1S/C13H15N5O/c14-10-3-1-9(2-4-10)7-8-16-12-6-5-11(13(15)19)17-18-12/h1-6H,7-8,14H2,(H2,15,19)(H,16,18). The summed E-state index contributed by atoms with van der Waals surface area (Å²) < 4.78 is 0. The highest BCUT2D eigenvalue weighted by atomic mass is 16.1. The number of nitrogens with two attached hydrogens (primary N) is 2. The lowest BCUT2D eigenvalue weighted by Gasteiger charge is -2.05. The molecule has 0 saturated carbocycles. The van der Waals surface area contributed by atoms with E-state index in [1.54, 1.807) is 12.1 Å². The fraction of sp³-hybridized carbons (Fsp3) is 0.154. The van der Waals surface area contributed by atoms with Gasteiger partial charge in [-0.3, -0.25) is 4.79 Å². The number of nitrogens with zero attached hydrogens (tertiary/aromatic N) is 2. The third kappa shape index (κ3) is 3.67. The molecule has 0 bridgehead atoms. The van der Waals surface area contributed by atoms with Crippen molar-refractivity contribution in [2.45, 2.75) is 6.42 Å². The van der Waals surface area contributed by atoms with E-state index in [0.29, 0.717) is 12.4 Å². The average Bonchev–Trinajstić information content (AvgIpc) is 2.41. The number of nitrogen functional groups attached to an aromatic ring is 1. The van der Waals surface area contributed by atoms with E-state index < -0.39 is 5.91 Å². The maximum absolute atomic E-state index is 10.8. The Morgan fingerprint density at radius 3 is 2.42 bits per heavy atom. The quantitative estimate of drug-likeness (QED) is 0.687. The van der Waals surface area contributed by atoms with E-state index in [1.807, 2.05) is 24.3 Å². The summed E-state index contributed by atoms with van der Waals surface area (Å²) in [6.07, 6.45) is 0.847. The summed E-state index contributed by atoms with van der Waals surface area (Å²) in [5, 5.41) is 10.7. The maximum atomic E-state index is 10.8. The minimum Gasteiger partial charge on any atom is -0.399 e. The molecule has 2 rings (SSSR count). The third-order valence-electron chi connectivity index (χ3n) is 2.62. The first kappa shape index (κ1) is 12.8. The highest BCUT2D eigenvalue weighted by molar-refractivity contribution is 5.90. The van der Waals surface area contributed by atoms with Crippen LogP contribution in [0.15, 0.2) is 36.4 Å². The lowest BCUT2D eigenvalue weighted by Crippen LogP contribution is -2.14. The summed E-state index contributed by atoms with van der Waals surface area (Å²) in [5.74, 6) is 0.0290. The molecule has 0 aliphatic rings. The second-order valence-corrected chi connectivity index (χ2v) is 4.09. The first-order valence-electron chi connectivity index (χ1n) is 5.87. The molecule has 98 valence electrons. The van der Waals surface area contributed by atoms with Crippen molar-refractivity contribution in [3.63, 3.8) is 0 Å². The predicted molar refractivity (Wildman–Crippen MR) is 73.6 cm³/mol. The Hall–Kier alpha value is -2.63. The topological polar surface area (TPSA) is 107 Å². The highest BCUT2D eigenvalue weighted by Gasteiger charge is 2.02. The van der Waals surface area contributed by atoms with Crippen LogP contribution >= 0.6 is 0 Å². The van der Waals surface area contributed by atoms with Gasteiger partial charge < -0.3 is 16.8 Å². The zero-order chi connectivity index (χ0) is 13.7. The first-order valence-corrected chi connectivity index (χ1v) is 5.87. The fourth-order valence-electron chi connectivity index (χ4n) is 1.58. The van der Waals surface area contributed by atoms with Crippen molar-refractivity contribution in [1.29, 1.82) is 0 Å². The van der Waals surface area contributed by atoms with Crippen molar-refractivity contribution in [2.24, 2.45) is 5.73 Å². The van der Waals surface area contributed by atoms with Crippen molar-refractivity contribution >= 4 is 17.4 Å². The van der Waals surface area contributed by atoms with Gasteiger partial charge in [-0.15, -0.1) is 10.2 Å². The number of hydrogen-bond donors (Lipinski definition) is 3. The van der Waals surface area contributed by atoms with Crippen molar-refractivity contribution in [3.05, 3.63) is 47.7 Å². The van der Waals surface area contributed by atoms with E-state index in [1.165, 1.54) is 5.56 Å².